The topological polar surface area (TPSA) is 57.4 Å². The molecule has 4 rings (SSSR count). The van der Waals surface area contributed by atoms with Crippen molar-refractivity contribution in [3.8, 4) is 0 Å². The van der Waals surface area contributed by atoms with E-state index in [0.29, 0.717) is 23.8 Å². The van der Waals surface area contributed by atoms with E-state index in [0.717, 1.165) is 47.2 Å². The maximum Gasteiger partial charge on any atom is 0.253 e. The molecule has 0 radical (unpaired) electrons. The summed E-state index contributed by atoms with van der Waals surface area (Å²) in [5.41, 5.74) is 5.87. The van der Waals surface area contributed by atoms with Gasteiger partial charge < -0.3 is 19.9 Å². The molecule has 0 bridgehead atoms. The molecular weight excluding hydrogens is 406 g/mol. The Morgan fingerprint density at radius 2 is 1.90 bits per heavy atom. The Kier molecular flexibility index (Phi) is 6.39. The van der Waals surface area contributed by atoms with E-state index < -0.39 is 0 Å². The van der Waals surface area contributed by atoms with Crippen molar-refractivity contribution in [1.82, 2.24) is 9.88 Å². The van der Waals surface area contributed by atoms with Crippen LogP contribution in [-0.4, -0.2) is 34.3 Å². The van der Waals surface area contributed by atoms with Gasteiger partial charge >= 0.3 is 0 Å². The molecule has 1 fully saturated rings. The van der Waals surface area contributed by atoms with Gasteiger partial charge in [-0.05, 0) is 75.2 Å². The molecule has 2 N–H and O–H groups in total. The van der Waals surface area contributed by atoms with Gasteiger partial charge in [0.2, 0.25) is 0 Å². The number of hydrogen-bond donors (Lipinski definition) is 2. The Labute approximate surface area is 188 Å². The number of aromatic amines is 1. The standard InChI is InChI=1S/C25H29N3O2S/c1-16-6-10-20(11-7-16)26-25(31)28(15-21-5-4-12-30-21)14-19-13-22-17(2)8-9-18(3)23(22)27-24(19)29/h6-11,13,21H,4-5,12,14-15H2,1-3H3,(H,26,31)(H,27,29)/t21-/m0/s1. The molecule has 162 valence electrons. The second kappa shape index (κ2) is 9.20. The number of anilines is 1. The van der Waals surface area contributed by atoms with E-state index in [2.05, 4.69) is 42.3 Å². The number of ether oxygens (including phenoxy) is 1. The summed E-state index contributed by atoms with van der Waals surface area (Å²) in [4.78, 5) is 18.0. The van der Waals surface area contributed by atoms with Gasteiger partial charge in [0.1, 0.15) is 0 Å². The Balaban J connectivity index is 1.63. The fourth-order valence-electron chi connectivity index (χ4n) is 4.03. The molecule has 6 heteroatoms. The molecule has 2 aromatic carbocycles. The lowest BCUT2D eigenvalue weighted by Crippen LogP contribution is -2.40. The fourth-order valence-corrected chi connectivity index (χ4v) is 4.29. The van der Waals surface area contributed by atoms with E-state index in [-0.39, 0.29) is 11.7 Å². The number of H-pyrrole nitrogens is 1. The summed E-state index contributed by atoms with van der Waals surface area (Å²) in [7, 11) is 0. The highest BCUT2D eigenvalue weighted by Crippen LogP contribution is 2.21. The van der Waals surface area contributed by atoms with Crippen molar-refractivity contribution < 1.29 is 4.74 Å². The zero-order chi connectivity index (χ0) is 22.0. The average Bonchev–Trinajstić information content (AvgIpc) is 3.26. The van der Waals surface area contributed by atoms with E-state index >= 15 is 0 Å². The molecule has 1 aromatic heterocycles. The Morgan fingerprint density at radius 3 is 2.61 bits per heavy atom. The Hall–Kier alpha value is -2.70. The van der Waals surface area contributed by atoms with Gasteiger partial charge in [-0.2, -0.15) is 0 Å². The predicted molar refractivity (Wildman–Crippen MR) is 131 cm³/mol. The SMILES string of the molecule is Cc1ccc(NC(=S)N(Cc2cc3c(C)ccc(C)c3[nH]c2=O)C[C@@H]2CCCO2)cc1. The monoisotopic (exact) mass is 435 g/mol. The first-order chi connectivity index (χ1) is 14.9. The normalized spacial score (nSPS) is 15.9. The molecule has 31 heavy (non-hydrogen) atoms. The van der Waals surface area contributed by atoms with Crippen LogP contribution in [-0.2, 0) is 11.3 Å². The number of thiocarbonyl (C=S) groups is 1. The first-order valence-electron chi connectivity index (χ1n) is 10.8. The molecule has 0 saturated carbocycles. The summed E-state index contributed by atoms with van der Waals surface area (Å²) in [6.45, 7) is 8.00. The lowest BCUT2D eigenvalue weighted by Gasteiger charge is -2.28. The number of pyridine rings is 1. The average molecular weight is 436 g/mol. The number of nitrogens with zero attached hydrogens (tertiary/aromatic N) is 1. The molecule has 0 unspecified atom stereocenters. The van der Waals surface area contributed by atoms with Gasteiger partial charge in [0.25, 0.3) is 5.56 Å². The van der Waals surface area contributed by atoms with Gasteiger partial charge in [0.05, 0.1) is 18.2 Å². The number of aromatic nitrogens is 1. The molecule has 2 heterocycles. The number of nitrogens with one attached hydrogen (secondary N) is 2. The third-order valence-corrected chi connectivity index (χ3v) is 6.28. The van der Waals surface area contributed by atoms with Gasteiger partial charge in [-0.3, -0.25) is 4.79 Å². The first-order valence-corrected chi connectivity index (χ1v) is 11.2. The molecule has 5 nitrogen and oxygen atoms in total. The number of benzene rings is 2. The molecule has 1 aliphatic heterocycles. The van der Waals surface area contributed by atoms with Crippen molar-refractivity contribution in [3.05, 3.63) is 75.1 Å². The summed E-state index contributed by atoms with van der Waals surface area (Å²) < 4.78 is 5.86. The van der Waals surface area contributed by atoms with Crippen LogP contribution in [0.15, 0.2) is 47.3 Å². The quantitative estimate of drug-likeness (QED) is 0.562. The lowest BCUT2D eigenvalue weighted by molar-refractivity contribution is 0.0904. The van der Waals surface area contributed by atoms with Crippen molar-refractivity contribution in [3.63, 3.8) is 0 Å². The molecule has 1 atom stereocenters. The van der Waals surface area contributed by atoms with Crippen LogP contribution >= 0.6 is 12.2 Å². The number of aryl methyl sites for hydroxylation is 3. The van der Waals surface area contributed by atoms with Crippen LogP contribution in [0.3, 0.4) is 0 Å². The van der Waals surface area contributed by atoms with E-state index in [4.69, 9.17) is 17.0 Å². The van der Waals surface area contributed by atoms with Crippen LogP contribution in [0.2, 0.25) is 0 Å². The van der Waals surface area contributed by atoms with Crippen LogP contribution < -0.4 is 10.9 Å². The highest BCUT2D eigenvalue weighted by molar-refractivity contribution is 7.80. The minimum atomic E-state index is -0.0725. The van der Waals surface area contributed by atoms with Crippen LogP contribution in [0.4, 0.5) is 5.69 Å². The summed E-state index contributed by atoms with van der Waals surface area (Å²) in [5, 5.41) is 5.00. The molecule has 0 amide bonds. The largest absolute Gasteiger partial charge is 0.376 e. The summed E-state index contributed by atoms with van der Waals surface area (Å²) in [6, 6.07) is 14.3. The van der Waals surface area contributed by atoms with Crippen molar-refractivity contribution in [2.75, 3.05) is 18.5 Å². The number of hydrogen-bond acceptors (Lipinski definition) is 3. The zero-order valence-corrected chi connectivity index (χ0v) is 19.1. The molecule has 1 saturated heterocycles. The third kappa shape index (κ3) is 4.97. The maximum absolute atomic E-state index is 12.9. The van der Waals surface area contributed by atoms with E-state index in [9.17, 15) is 4.79 Å². The number of rotatable bonds is 5. The van der Waals surface area contributed by atoms with Crippen molar-refractivity contribution in [2.24, 2.45) is 0 Å². The van der Waals surface area contributed by atoms with Gasteiger partial charge in [0.15, 0.2) is 5.11 Å². The van der Waals surface area contributed by atoms with E-state index in [1.54, 1.807) is 0 Å². The molecule has 3 aromatic rings. The van der Waals surface area contributed by atoms with Gasteiger partial charge in [-0.25, -0.2) is 0 Å². The molecule has 0 aliphatic carbocycles. The van der Waals surface area contributed by atoms with Gasteiger partial charge in [-0.1, -0.05) is 29.8 Å². The fraction of sp³-hybridized carbons (Fsp3) is 0.360. The van der Waals surface area contributed by atoms with Crippen molar-refractivity contribution in [1.29, 1.82) is 0 Å². The Morgan fingerprint density at radius 1 is 1.16 bits per heavy atom. The van der Waals surface area contributed by atoms with Crippen LogP contribution in [0.25, 0.3) is 10.9 Å². The molecule has 1 aliphatic rings. The highest BCUT2D eigenvalue weighted by Gasteiger charge is 2.22. The van der Waals surface area contributed by atoms with Crippen LogP contribution in [0.1, 0.15) is 35.1 Å². The maximum atomic E-state index is 12.9. The van der Waals surface area contributed by atoms with E-state index in [1.807, 2.05) is 36.1 Å². The van der Waals surface area contributed by atoms with Crippen LogP contribution in [0, 0.1) is 20.8 Å². The van der Waals surface area contributed by atoms with Gasteiger partial charge in [-0.15, -0.1) is 0 Å². The molecule has 0 spiro atoms. The second-order valence-electron chi connectivity index (χ2n) is 8.42. The minimum absolute atomic E-state index is 0.0725. The van der Waals surface area contributed by atoms with Gasteiger partial charge in [0, 0.05) is 29.8 Å². The van der Waals surface area contributed by atoms with Crippen molar-refractivity contribution in [2.45, 2.75) is 46.3 Å². The smallest absolute Gasteiger partial charge is 0.253 e. The molecular formula is C25H29N3O2S. The predicted octanol–water partition coefficient (Wildman–Crippen LogP) is 4.83. The zero-order valence-electron chi connectivity index (χ0n) is 18.3. The van der Waals surface area contributed by atoms with Crippen LogP contribution in [0.5, 0.6) is 0 Å². The summed E-state index contributed by atoms with van der Waals surface area (Å²) in [6.07, 6.45) is 2.20. The highest BCUT2D eigenvalue weighted by atomic mass is 32.1. The van der Waals surface area contributed by atoms with E-state index in [1.165, 1.54) is 5.56 Å². The summed E-state index contributed by atoms with van der Waals surface area (Å²) in [5.74, 6) is 0. The van der Waals surface area contributed by atoms with Crippen molar-refractivity contribution >= 4 is 33.9 Å². The Bertz CT molecular complexity index is 1150. The third-order valence-electron chi connectivity index (χ3n) is 5.92. The number of fused-ring (bicyclic) bond motifs is 1. The minimum Gasteiger partial charge on any atom is -0.376 e. The summed E-state index contributed by atoms with van der Waals surface area (Å²) >= 11 is 5.76. The lowest BCUT2D eigenvalue weighted by atomic mass is 10.0. The second-order valence-corrected chi connectivity index (χ2v) is 8.81. The first kappa shape index (κ1) is 21.5.